The van der Waals surface area contributed by atoms with Gasteiger partial charge in [0.25, 0.3) is 0 Å². The fourth-order valence-electron chi connectivity index (χ4n) is 0. The standard InChI is InChI=1S/C2H6O.ClH.Fe.4H2O/c1-2-3;;;;;;/h3H,2H2,1H3;1H;;4*1H2. The first-order valence-electron chi connectivity index (χ1n) is 1.02. The van der Waals surface area contributed by atoms with E-state index >= 15 is 0 Å². The van der Waals surface area contributed by atoms with E-state index in [1.165, 1.54) is 0 Å². The summed E-state index contributed by atoms with van der Waals surface area (Å²) in [6, 6.07) is 0. The predicted octanol–water partition coefficient (Wildman–Crippen LogP) is -2.88. The van der Waals surface area contributed by atoms with Crippen molar-refractivity contribution >= 4 is 12.4 Å². The first kappa shape index (κ1) is 105. The van der Waals surface area contributed by atoms with Crippen molar-refractivity contribution in [2.45, 2.75) is 6.92 Å². The summed E-state index contributed by atoms with van der Waals surface area (Å²) >= 11 is 0. The van der Waals surface area contributed by atoms with Gasteiger partial charge in [-0.1, -0.05) is 0 Å². The molecular formula is C2H15ClFeO5. The molecule has 0 aromatic carbocycles. The monoisotopic (exact) mass is 210 g/mol. The average molecular weight is 210 g/mol. The van der Waals surface area contributed by atoms with Gasteiger partial charge in [-0.25, -0.2) is 0 Å². The van der Waals surface area contributed by atoms with Crippen LogP contribution in [0.4, 0.5) is 0 Å². The molecule has 0 aliphatic carbocycles. The van der Waals surface area contributed by atoms with Gasteiger partial charge in [0.15, 0.2) is 0 Å². The second-order valence-electron chi connectivity index (χ2n) is 0.316. The minimum Gasteiger partial charge on any atom is -0.412 e. The molecule has 0 saturated heterocycles. The maximum atomic E-state index is 7.57. The van der Waals surface area contributed by atoms with Crippen molar-refractivity contribution in [1.82, 2.24) is 0 Å². The van der Waals surface area contributed by atoms with Crippen molar-refractivity contribution in [1.29, 1.82) is 0 Å². The molecule has 0 aromatic rings. The van der Waals surface area contributed by atoms with Crippen LogP contribution in [0, 0.1) is 0 Å². The molecule has 0 aliphatic heterocycles. The smallest absolute Gasteiger partial charge is 0.0402 e. The number of hydrogen-bond donors (Lipinski definition) is 1. The molecule has 7 heteroatoms. The van der Waals surface area contributed by atoms with E-state index in [1.807, 2.05) is 0 Å². The SMILES string of the molecule is CCO.Cl.O.O.O.O.[Fe]. The Balaban J connectivity index is -0.00000000133. The van der Waals surface area contributed by atoms with Gasteiger partial charge >= 0.3 is 0 Å². The Kier molecular flexibility index (Phi) is 2240. The molecule has 0 amide bonds. The number of aliphatic hydroxyl groups is 1. The fourth-order valence-corrected chi connectivity index (χ4v) is 0. The van der Waals surface area contributed by atoms with Crippen molar-refractivity contribution < 1.29 is 44.1 Å². The molecule has 68 valence electrons. The Morgan fingerprint density at radius 2 is 1.00 bits per heavy atom. The molecule has 9 N–H and O–H groups in total. The van der Waals surface area contributed by atoms with E-state index in [-0.39, 0.29) is 58.0 Å². The summed E-state index contributed by atoms with van der Waals surface area (Å²) in [5.41, 5.74) is 0. The maximum Gasteiger partial charge on any atom is 0.0402 e. The summed E-state index contributed by atoms with van der Waals surface area (Å²) in [4.78, 5) is 0. The van der Waals surface area contributed by atoms with Crippen molar-refractivity contribution in [3.05, 3.63) is 0 Å². The molecule has 0 radical (unpaired) electrons. The molecule has 9 heavy (non-hydrogen) atoms. The molecule has 0 heterocycles. The number of rotatable bonds is 0. The van der Waals surface area contributed by atoms with E-state index in [1.54, 1.807) is 6.92 Å². The van der Waals surface area contributed by atoms with E-state index in [0.717, 1.165) is 0 Å². The average Bonchev–Trinajstić information content (AvgIpc) is 0.918. The first-order valence-corrected chi connectivity index (χ1v) is 1.02. The van der Waals surface area contributed by atoms with Crippen molar-refractivity contribution in [3.63, 3.8) is 0 Å². The zero-order chi connectivity index (χ0) is 2.71. The molecule has 0 unspecified atom stereocenters. The van der Waals surface area contributed by atoms with Crippen LogP contribution < -0.4 is 0 Å². The zero-order valence-electron chi connectivity index (χ0n) is 4.92. The Bertz CT molecular complexity index is 14.9. The molecule has 0 saturated carbocycles. The van der Waals surface area contributed by atoms with E-state index in [0.29, 0.717) is 0 Å². The third-order valence-corrected chi connectivity index (χ3v) is 0. The molecule has 0 aromatic heterocycles. The van der Waals surface area contributed by atoms with Crippen molar-refractivity contribution in [2.24, 2.45) is 0 Å². The van der Waals surface area contributed by atoms with Crippen LogP contribution >= 0.6 is 12.4 Å². The summed E-state index contributed by atoms with van der Waals surface area (Å²) in [7, 11) is 0. The van der Waals surface area contributed by atoms with Gasteiger partial charge in [-0.05, 0) is 6.92 Å². The minimum atomic E-state index is 0. The molecule has 0 rings (SSSR count). The van der Waals surface area contributed by atoms with Gasteiger partial charge in [0.2, 0.25) is 0 Å². The third kappa shape index (κ3) is 1010. The molecule has 0 fully saturated rings. The largest absolute Gasteiger partial charge is 0.412 e. The van der Waals surface area contributed by atoms with Crippen LogP contribution in [-0.4, -0.2) is 33.6 Å². The van der Waals surface area contributed by atoms with Crippen LogP contribution in [0.25, 0.3) is 0 Å². The molecular weight excluding hydrogens is 195 g/mol. The van der Waals surface area contributed by atoms with E-state index in [9.17, 15) is 0 Å². The third-order valence-electron chi connectivity index (χ3n) is 0. The normalized spacial score (nSPS) is 2.00. The molecule has 0 aliphatic rings. The Morgan fingerprint density at radius 3 is 1.00 bits per heavy atom. The summed E-state index contributed by atoms with van der Waals surface area (Å²) in [6.07, 6.45) is 0. The quantitative estimate of drug-likeness (QED) is 0.420. The van der Waals surface area contributed by atoms with E-state index < -0.39 is 0 Å². The van der Waals surface area contributed by atoms with Gasteiger partial charge in [0.05, 0.1) is 0 Å². The maximum absolute atomic E-state index is 7.57. The molecule has 0 atom stereocenters. The number of halogens is 1. The summed E-state index contributed by atoms with van der Waals surface area (Å²) < 4.78 is 0. The first-order chi connectivity index (χ1) is 1.41. The summed E-state index contributed by atoms with van der Waals surface area (Å²) in [6.45, 7) is 1.93. The van der Waals surface area contributed by atoms with E-state index in [2.05, 4.69) is 0 Å². The van der Waals surface area contributed by atoms with Gasteiger partial charge in [-0.15, -0.1) is 12.4 Å². The van der Waals surface area contributed by atoms with Crippen LogP contribution in [0.15, 0.2) is 0 Å². The van der Waals surface area contributed by atoms with Crippen LogP contribution in [0.1, 0.15) is 6.92 Å². The minimum absolute atomic E-state index is 0. The predicted molar refractivity (Wildman–Crippen MR) is 34.5 cm³/mol. The van der Waals surface area contributed by atoms with Gasteiger partial charge in [-0.3, -0.25) is 0 Å². The zero-order valence-corrected chi connectivity index (χ0v) is 6.84. The topological polar surface area (TPSA) is 146 Å². The Hall–Kier alpha value is 0.609. The van der Waals surface area contributed by atoms with Crippen LogP contribution in [0.5, 0.6) is 0 Å². The van der Waals surface area contributed by atoms with Crippen molar-refractivity contribution in [2.75, 3.05) is 6.61 Å². The Labute approximate surface area is 70.6 Å². The Morgan fingerprint density at radius 1 is 1.00 bits per heavy atom. The number of hydrogen-bond acceptors (Lipinski definition) is 1. The molecule has 5 nitrogen and oxygen atoms in total. The van der Waals surface area contributed by atoms with Crippen molar-refractivity contribution in [3.8, 4) is 0 Å². The van der Waals surface area contributed by atoms with E-state index in [4.69, 9.17) is 5.11 Å². The molecule has 0 spiro atoms. The van der Waals surface area contributed by atoms with Crippen LogP contribution in [0.2, 0.25) is 0 Å². The van der Waals surface area contributed by atoms with Gasteiger partial charge < -0.3 is 27.0 Å². The van der Waals surface area contributed by atoms with Gasteiger partial charge in [0.1, 0.15) is 0 Å². The van der Waals surface area contributed by atoms with Crippen LogP contribution in [-0.2, 0) is 17.1 Å². The van der Waals surface area contributed by atoms with Crippen LogP contribution in [0.3, 0.4) is 0 Å². The molecule has 0 bridgehead atoms. The second-order valence-corrected chi connectivity index (χ2v) is 0.316. The summed E-state index contributed by atoms with van der Waals surface area (Å²) in [5.74, 6) is 0. The fraction of sp³-hybridized carbons (Fsp3) is 1.00. The number of aliphatic hydroxyl groups excluding tert-OH is 1. The van der Waals surface area contributed by atoms with Gasteiger partial charge in [0, 0.05) is 23.7 Å². The summed E-state index contributed by atoms with van der Waals surface area (Å²) in [5, 5.41) is 7.57. The van der Waals surface area contributed by atoms with Gasteiger partial charge in [-0.2, -0.15) is 0 Å². The second kappa shape index (κ2) is 192.